The van der Waals surface area contributed by atoms with Gasteiger partial charge in [-0.15, -0.1) is 0 Å². The van der Waals surface area contributed by atoms with Gasteiger partial charge in [0.15, 0.2) is 0 Å². The van der Waals surface area contributed by atoms with Crippen LogP contribution in [0.1, 0.15) is 0 Å². The van der Waals surface area contributed by atoms with Crippen LogP contribution in [-0.4, -0.2) is 20.1 Å². The van der Waals surface area contributed by atoms with Crippen LogP contribution in [-0.2, 0) is 0 Å². The van der Waals surface area contributed by atoms with Gasteiger partial charge >= 0.3 is 0 Å². The highest BCUT2D eigenvalue weighted by Gasteiger charge is 2.54. The lowest BCUT2D eigenvalue weighted by molar-refractivity contribution is 0.439. The van der Waals surface area contributed by atoms with E-state index in [0.717, 1.165) is 128 Å². The smallest absolute Gasteiger partial charge is 0.270 e. The van der Waals surface area contributed by atoms with E-state index < -0.39 is 6.71 Å². The van der Waals surface area contributed by atoms with Crippen LogP contribution in [0, 0.1) is 0 Å². The number of rotatable bonds is 5. The van der Waals surface area contributed by atoms with E-state index in [1.165, 1.54) is 0 Å². The molecule has 18 rings (SSSR count). The van der Waals surface area contributed by atoms with Crippen LogP contribution in [0.15, 0.2) is 249 Å². The molecule has 6 nitrogen and oxygen atoms in total. The third-order valence-corrected chi connectivity index (χ3v) is 17.2. The third-order valence-electron chi connectivity index (χ3n) is 17.2. The largest absolute Gasteiger partial charge is 0.459 e. The molecule has 0 unspecified atom stereocenters. The lowest BCUT2D eigenvalue weighted by Crippen LogP contribution is -2.65. The van der Waals surface area contributed by atoms with Crippen molar-refractivity contribution >= 4 is 69.3 Å². The Morgan fingerprint density at radius 1 is 0.185 bits per heavy atom. The van der Waals surface area contributed by atoms with Crippen molar-refractivity contribution < 1.29 is 28.4 Å². The molecule has 0 aromatic heterocycles. The van der Waals surface area contributed by atoms with Gasteiger partial charge in [0.05, 0.1) is 11.1 Å². The van der Waals surface area contributed by atoms with Crippen LogP contribution in [0.25, 0.3) is 55.6 Å². The van der Waals surface area contributed by atoms with Gasteiger partial charge in [-0.25, -0.2) is 0 Å². The summed E-state index contributed by atoms with van der Waals surface area (Å²) < 4.78 is 45.6. The summed E-state index contributed by atoms with van der Waals surface area (Å²) in [6.45, 7) is -1.10. The standard InChI is InChI=1S/C72H41B3O6/c1-6-20-42(21-7-1)47-34-36-52-56(38-47)78-67-60(45-26-12-4-13-27-45)69-65(71-63(67)73(52)50-30-16-18-32-54(50)76-71)75-62-58(80-69)40-49(44-24-10-3-11-25-44)41-59(62)81-70-61(46-28-14-5-15-29-46)68-64-72(66(70)75)77-55-33-19-17-31-51(55)74(64)53-37-35-48(39-57(53)79-68)43-22-8-2-9-23-43/h1-41H. The molecule has 0 radical (unpaired) electrons. The van der Waals surface area contributed by atoms with Crippen LogP contribution < -0.4 is 77.6 Å². The lowest BCUT2D eigenvalue weighted by Gasteiger charge is -2.42. The molecule has 0 N–H and O–H groups in total. The number of hydrogen-bond acceptors (Lipinski definition) is 6. The molecule has 0 fully saturated rings. The zero-order valence-electron chi connectivity index (χ0n) is 43.4. The summed E-state index contributed by atoms with van der Waals surface area (Å²) in [5.41, 5.74) is 18.6. The predicted molar refractivity (Wildman–Crippen MR) is 327 cm³/mol. The second kappa shape index (κ2) is 17.1. The fourth-order valence-corrected chi connectivity index (χ4v) is 13.7. The maximum Gasteiger partial charge on any atom is 0.270 e. The Hall–Kier alpha value is -10.4. The van der Waals surface area contributed by atoms with E-state index in [9.17, 15) is 0 Å². The molecule has 0 aliphatic carbocycles. The van der Waals surface area contributed by atoms with E-state index in [1.54, 1.807) is 0 Å². The summed E-state index contributed by atoms with van der Waals surface area (Å²) in [7, 11) is 0. The van der Waals surface area contributed by atoms with E-state index in [-0.39, 0.29) is 13.4 Å². The average molecular weight is 1030 g/mol. The fraction of sp³-hybridized carbons (Fsp3) is 0. The second-order valence-corrected chi connectivity index (χ2v) is 21.6. The van der Waals surface area contributed by atoms with Gasteiger partial charge in [-0.1, -0.05) is 212 Å². The van der Waals surface area contributed by atoms with Crippen molar-refractivity contribution in [1.29, 1.82) is 0 Å². The van der Waals surface area contributed by atoms with Gasteiger partial charge in [0, 0.05) is 27.3 Å². The van der Waals surface area contributed by atoms with Crippen LogP contribution in [0.5, 0.6) is 69.0 Å². The van der Waals surface area contributed by atoms with Gasteiger partial charge in [0.2, 0.25) is 0 Å². The summed E-state index contributed by atoms with van der Waals surface area (Å²) >= 11 is 0. The summed E-state index contributed by atoms with van der Waals surface area (Å²) in [4.78, 5) is 0. The monoisotopic (exact) mass is 1030 g/mol. The van der Waals surface area contributed by atoms with Gasteiger partial charge < -0.3 is 28.4 Å². The van der Waals surface area contributed by atoms with Crippen molar-refractivity contribution in [2.24, 2.45) is 0 Å². The van der Waals surface area contributed by atoms with Crippen LogP contribution in [0.4, 0.5) is 0 Å². The van der Waals surface area contributed by atoms with Crippen molar-refractivity contribution in [2.75, 3.05) is 0 Å². The highest BCUT2D eigenvalue weighted by atomic mass is 16.5. The van der Waals surface area contributed by atoms with Crippen LogP contribution in [0.3, 0.4) is 0 Å². The van der Waals surface area contributed by atoms with Crippen molar-refractivity contribution in [3.05, 3.63) is 249 Å². The quantitative estimate of drug-likeness (QED) is 0.160. The van der Waals surface area contributed by atoms with E-state index in [1.807, 2.05) is 6.07 Å². The first-order valence-corrected chi connectivity index (χ1v) is 27.6. The fourth-order valence-electron chi connectivity index (χ4n) is 13.7. The molecule has 9 heteroatoms. The predicted octanol–water partition coefficient (Wildman–Crippen LogP) is 12.2. The average Bonchev–Trinajstić information content (AvgIpc) is 2.91. The molecular weight excluding hydrogens is 993 g/mol. The number of ether oxygens (including phenoxy) is 6. The molecule has 0 spiro atoms. The maximum absolute atomic E-state index is 7.70. The molecule has 6 aliphatic rings. The molecule has 0 saturated carbocycles. The molecular formula is C72H41B3O6. The Balaban J connectivity index is 0.976. The number of para-hydroxylation sites is 2. The Kier molecular flexibility index (Phi) is 9.40. The number of fused-ring (bicyclic) bond motifs is 14. The third kappa shape index (κ3) is 6.48. The summed E-state index contributed by atoms with van der Waals surface area (Å²) in [5.74, 6) is 8.52. The minimum atomic E-state index is -0.571. The number of hydrogen-bond donors (Lipinski definition) is 0. The molecule has 6 heterocycles. The first-order chi connectivity index (χ1) is 40.2. The van der Waals surface area contributed by atoms with Crippen molar-refractivity contribution in [3.63, 3.8) is 0 Å². The van der Waals surface area contributed by atoms with E-state index in [2.05, 4.69) is 243 Å². The van der Waals surface area contributed by atoms with Crippen molar-refractivity contribution in [3.8, 4) is 125 Å². The molecule has 81 heavy (non-hydrogen) atoms. The van der Waals surface area contributed by atoms with Gasteiger partial charge in [0.1, 0.15) is 69.0 Å². The van der Waals surface area contributed by atoms with Gasteiger partial charge in [-0.2, -0.15) is 0 Å². The first kappa shape index (κ1) is 44.6. The Labute approximate surface area is 468 Å². The normalized spacial score (nSPS) is 13.5. The SMILES string of the molecule is c1ccc(-c2ccc3c(c2)Oc2c4c(c5c(c2-c2ccccc2)Oc2cc(-c6ccccc6)cc6c2B5c2c5c7c(c(-c8ccccc8)c2O6)Oc2cc(-c6ccccc6)ccc2B7c2ccccc2O5)Oc2ccccc2B34)cc1. The Bertz CT molecular complexity index is 4380. The van der Waals surface area contributed by atoms with E-state index in [0.29, 0.717) is 46.0 Å². The van der Waals surface area contributed by atoms with Crippen molar-refractivity contribution in [1.82, 2.24) is 0 Å². The summed E-state index contributed by atoms with van der Waals surface area (Å²) in [6, 6.07) is 87.1. The molecule has 0 bridgehead atoms. The topological polar surface area (TPSA) is 55.4 Å². The number of benzene rings is 12. The molecule has 0 amide bonds. The van der Waals surface area contributed by atoms with Crippen LogP contribution in [0.2, 0.25) is 0 Å². The Morgan fingerprint density at radius 2 is 0.481 bits per heavy atom. The van der Waals surface area contributed by atoms with Gasteiger partial charge in [0.25, 0.3) is 20.1 Å². The van der Waals surface area contributed by atoms with Gasteiger partial charge in [-0.05, 0) is 103 Å². The summed E-state index contributed by atoms with van der Waals surface area (Å²) in [6.07, 6.45) is 0. The molecule has 0 saturated heterocycles. The highest BCUT2D eigenvalue weighted by Crippen LogP contribution is 2.54. The maximum atomic E-state index is 7.70. The first-order valence-electron chi connectivity index (χ1n) is 27.6. The molecule has 12 aromatic carbocycles. The molecule has 374 valence electrons. The van der Waals surface area contributed by atoms with Crippen LogP contribution >= 0.6 is 0 Å². The zero-order chi connectivity index (χ0) is 52.9. The minimum absolute atomic E-state index is 0.262. The van der Waals surface area contributed by atoms with Gasteiger partial charge in [-0.3, -0.25) is 0 Å². The summed E-state index contributed by atoms with van der Waals surface area (Å²) in [5, 5.41) is 0. The van der Waals surface area contributed by atoms with E-state index >= 15 is 0 Å². The second-order valence-electron chi connectivity index (χ2n) is 21.6. The van der Waals surface area contributed by atoms with Crippen molar-refractivity contribution in [2.45, 2.75) is 0 Å². The zero-order valence-corrected chi connectivity index (χ0v) is 43.4. The minimum Gasteiger partial charge on any atom is -0.459 e. The molecule has 12 aromatic rings. The Morgan fingerprint density at radius 3 is 0.889 bits per heavy atom. The lowest BCUT2D eigenvalue weighted by atomic mass is 9.29. The molecule has 0 atom stereocenters. The molecule has 6 aliphatic heterocycles. The highest BCUT2D eigenvalue weighted by molar-refractivity contribution is 7.04. The van der Waals surface area contributed by atoms with E-state index in [4.69, 9.17) is 28.4 Å².